The van der Waals surface area contributed by atoms with Gasteiger partial charge in [-0.25, -0.2) is 0 Å². The molecule has 3 nitrogen and oxygen atoms in total. The quantitative estimate of drug-likeness (QED) is 0.874. The summed E-state index contributed by atoms with van der Waals surface area (Å²) in [4.78, 5) is 4.27. The Morgan fingerprint density at radius 3 is 2.76 bits per heavy atom. The molecule has 0 radical (unpaired) electrons. The molecule has 0 aromatic carbocycles. The fourth-order valence-electron chi connectivity index (χ4n) is 2.55. The second kappa shape index (κ2) is 5.50. The highest BCUT2D eigenvalue weighted by atomic mass is 16.5. The monoisotopic (exact) mass is 234 g/mol. The van der Waals surface area contributed by atoms with Crippen LogP contribution in [0.15, 0.2) is 18.5 Å². The summed E-state index contributed by atoms with van der Waals surface area (Å²) in [6.45, 7) is 4.05. The Labute approximate surface area is 103 Å². The second-order valence-corrected chi connectivity index (χ2v) is 5.18. The molecule has 2 N–H and O–H groups in total. The molecule has 17 heavy (non-hydrogen) atoms. The van der Waals surface area contributed by atoms with Gasteiger partial charge >= 0.3 is 0 Å². The maximum Gasteiger partial charge on any atom is 0.138 e. The van der Waals surface area contributed by atoms with Crippen LogP contribution < -0.4 is 10.5 Å². The van der Waals surface area contributed by atoms with E-state index >= 15 is 0 Å². The van der Waals surface area contributed by atoms with Gasteiger partial charge in [0.1, 0.15) is 5.75 Å². The van der Waals surface area contributed by atoms with Gasteiger partial charge in [-0.1, -0.05) is 12.8 Å². The van der Waals surface area contributed by atoms with Crippen LogP contribution in [0.4, 0.5) is 0 Å². The lowest BCUT2D eigenvalue weighted by Crippen LogP contribution is -2.31. The molecule has 1 aromatic rings. The minimum Gasteiger partial charge on any atom is -0.489 e. The molecular formula is C14H22N2O. The van der Waals surface area contributed by atoms with Gasteiger partial charge in [-0.15, -0.1) is 0 Å². The van der Waals surface area contributed by atoms with Crippen molar-refractivity contribution < 1.29 is 4.74 Å². The molecule has 1 heterocycles. The summed E-state index contributed by atoms with van der Waals surface area (Å²) in [6, 6.07) is 2.38. The molecule has 1 aliphatic carbocycles. The third kappa shape index (κ3) is 3.19. The van der Waals surface area contributed by atoms with Crippen LogP contribution >= 0.6 is 0 Å². The van der Waals surface area contributed by atoms with Crippen molar-refractivity contribution in [2.45, 2.75) is 57.6 Å². The van der Waals surface area contributed by atoms with Gasteiger partial charge in [-0.3, -0.25) is 4.98 Å². The van der Waals surface area contributed by atoms with E-state index in [1.807, 2.05) is 20.0 Å². The maximum absolute atomic E-state index is 6.19. The van der Waals surface area contributed by atoms with Gasteiger partial charge < -0.3 is 10.5 Å². The lowest BCUT2D eigenvalue weighted by Gasteiger charge is -2.28. The second-order valence-electron chi connectivity index (χ2n) is 5.18. The van der Waals surface area contributed by atoms with Gasteiger partial charge in [0.15, 0.2) is 0 Å². The van der Waals surface area contributed by atoms with E-state index in [4.69, 9.17) is 10.5 Å². The highest BCUT2D eigenvalue weighted by Crippen LogP contribution is 2.32. The molecule has 94 valence electrons. The molecular weight excluding hydrogens is 212 g/mol. The Hall–Kier alpha value is -1.09. The van der Waals surface area contributed by atoms with E-state index in [1.54, 1.807) is 6.20 Å². The molecule has 2 rings (SSSR count). The number of rotatable bonds is 3. The SMILES string of the molecule is CC(C)Oc1cncc(C2CCCCC2N)c1. The van der Waals surface area contributed by atoms with Crippen molar-refractivity contribution in [3.05, 3.63) is 24.0 Å². The molecule has 1 aromatic heterocycles. The van der Waals surface area contributed by atoms with E-state index < -0.39 is 0 Å². The smallest absolute Gasteiger partial charge is 0.138 e. The zero-order chi connectivity index (χ0) is 12.3. The molecule has 0 aliphatic heterocycles. The lowest BCUT2D eigenvalue weighted by molar-refractivity contribution is 0.241. The van der Waals surface area contributed by atoms with Crippen LogP contribution in [0, 0.1) is 0 Å². The van der Waals surface area contributed by atoms with E-state index in [9.17, 15) is 0 Å². The normalized spacial score (nSPS) is 24.9. The van der Waals surface area contributed by atoms with Crippen LogP contribution in [0.3, 0.4) is 0 Å². The molecule has 2 unspecified atom stereocenters. The van der Waals surface area contributed by atoms with Crippen molar-refractivity contribution in [3.8, 4) is 5.75 Å². The van der Waals surface area contributed by atoms with Gasteiger partial charge in [0.25, 0.3) is 0 Å². The first-order valence-electron chi connectivity index (χ1n) is 6.54. The first-order valence-corrected chi connectivity index (χ1v) is 6.54. The van der Waals surface area contributed by atoms with E-state index in [1.165, 1.54) is 24.8 Å². The first kappa shape index (κ1) is 12.4. The van der Waals surface area contributed by atoms with Gasteiger partial charge in [-0.2, -0.15) is 0 Å². The fourth-order valence-corrected chi connectivity index (χ4v) is 2.55. The third-order valence-corrected chi connectivity index (χ3v) is 3.35. The van der Waals surface area contributed by atoms with Crippen LogP contribution in [-0.2, 0) is 0 Å². The zero-order valence-corrected chi connectivity index (χ0v) is 10.7. The van der Waals surface area contributed by atoms with Crippen LogP contribution in [0.25, 0.3) is 0 Å². The Morgan fingerprint density at radius 1 is 1.29 bits per heavy atom. The molecule has 3 heteroatoms. The summed E-state index contributed by atoms with van der Waals surface area (Å²) < 4.78 is 5.68. The Kier molecular flexibility index (Phi) is 4.00. The molecule has 0 amide bonds. The maximum atomic E-state index is 6.19. The third-order valence-electron chi connectivity index (χ3n) is 3.35. The molecule has 0 bridgehead atoms. The molecule has 1 fully saturated rings. The molecule has 2 atom stereocenters. The highest BCUT2D eigenvalue weighted by molar-refractivity contribution is 5.27. The average Bonchev–Trinajstić information content (AvgIpc) is 2.29. The summed E-state index contributed by atoms with van der Waals surface area (Å²) in [7, 11) is 0. The van der Waals surface area contributed by atoms with Gasteiger partial charge in [0.05, 0.1) is 12.3 Å². The summed E-state index contributed by atoms with van der Waals surface area (Å²) >= 11 is 0. The van der Waals surface area contributed by atoms with Crippen molar-refractivity contribution in [1.29, 1.82) is 0 Å². The van der Waals surface area contributed by atoms with E-state index in [0.29, 0.717) is 5.92 Å². The average molecular weight is 234 g/mol. The molecule has 0 spiro atoms. The molecule has 1 aliphatic rings. The minimum absolute atomic E-state index is 0.187. The van der Waals surface area contributed by atoms with Crippen molar-refractivity contribution in [1.82, 2.24) is 4.98 Å². The number of pyridine rings is 1. The summed E-state index contributed by atoms with van der Waals surface area (Å²) in [5, 5.41) is 0. The Bertz CT molecular complexity index is 365. The van der Waals surface area contributed by atoms with E-state index in [2.05, 4.69) is 11.1 Å². The van der Waals surface area contributed by atoms with Crippen molar-refractivity contribution >= 4 is 0 Å². The van der Waals surface area contributed by atoms with E-state index in [0.717, 1.165) is 12.2 Å². The van der Waals surface area contributed by atoms with Gasteiger partial charge in [0, 0.05) is 18.2 Å². The van der Waals surface area contributed by atoms with Gasteiger partial charge in [-0.05, 0) is 38.3 Å². The Morgan fingerprint density at radius 2 is 2.06 bits per heavy atom. The molecule has 1 saturated carbocycles. The van der Waals surface area contributed by atoms with Gasteiger partial charge in [0.2, 0.25) is 0 Å². The number of hydrogen-bond donors (Lipinski definition) is 1. The zero-order valence-electron chi connectivity index (χ0n) is 10.7. The van der Waals surface area contributed by atoms with Crippen LogP contribution in [0.1, 0.15) is 51.0 Å². The van der Waals surface area contributed by atoms with Crippen molar-refractivity contribution in [3.63, 3.8) is 0 Å². The summed E-state index contributed by atoms with van der Waals surface area (Å²) in [5.41, 5.74) is 7.43. The first-order chi connectivity index (χ1) is 8.16. The summed E-state index contributed by atoms with van der Waals surface area (Å²) in [6.07, 6.45) is 8.72. The topological polar surface area (TPSA) is 48.1 Å². The van der Waals surface area contributed by atoms with Crippen LogP contribution in [0.2, 0.25) is 0 Å². The Balaban J connectivity index is 2.14. The molecule has 0 saturated heterocycles. The lowest BCUT2D eigenvalue weighted by atomic mass is 9.81. The largest absolute Gasteiger partial charge is 0.489 e. The number of hydrogen-bond acceptors (Lipinski definition) is 3. The fraction of sp³-hybridized carbons (Fsp3) is 0.643. The number of ether oxygens (including phenoxy) is 1. The van der Waals surface area contributed by atoms with E-state index in [-0.39, 0.29) is 12.1 Å². The minimum atomic E-state index is 0.187. The summed E-state index contributed by atoms with van der Waals surface area (Å²) in [5.74, 6) is 1.31. The van der Waals surface area contributed by atoms with Crippen molar-refractivity contribution in [2.24, 2.45) is 5.73 Å². The predicted molar refractivity (Wildman–Crippen MR) is 69.2 cm³/mol. The predicted octanol–water partition coefficient (Wildman–Crippen LogP) is 2.85. The van der Waals surface area contributed by atoms with Crippen LogP contribution in [0.5, 0.6) is 5.75 Å². The van der Waals surface area contributed by atoms with Crippen LogP contribution in [-0.4, -0.2) is 17.1 Å². The highest BCUT2D eigenvalue weighted by Gasteiger charge is 2.23. The number of nitrogens with zero attached hydrogens (tertiary/aromatic N) is 1. The number of nitrogens with two attached hydrogens (primary N) is 1. The standard InChI is InChI=1S/C14H22N2O/c1-10(2)17-12-7-11(8-16-9-12)13-5-3-4-6-14(13)15/h7-10,13-14H,3-6,15H2,1-2H3. The number of aromatic nitrogens is 1. The van der Waals surface area contributed by atoms with Crippen molar-refractivity contribution in [2.75, 3.05) is 0 Å².